The number of hydrogen-bond acceptors (Lipinski definition) is 4. The maximum Gasteiger partial charge on any atom is 0.422 e. The molecule has 0 bridgehead atoms. The maximum atomic E-state index is 12.3. The Balaban J connectivity index is 1.65. The van der Waals surface area contributed by atoms with Crippen molar-refractivity contribution < 1.29 is 32.2 Å². The molecule has 1 aliphatic heterocycles. The Bertz CT molecular complexity index is 849. The molecule has 0 unspecified atom stereocenters. The molecule has 8 heteroatoms. The van der Waals surface area contributed by atoms with Gasteiger partial charge >= 0.3 is 6.18 Å². The van der Waals surface area contributed by atoms with Gasteiger partial charge in [0.05, 0.1) is 5.69 Å². The molecule has 1 heterocycles. The summed E-state index contributed by atoms with van der Waals surface area (Å²) in [5.74, 6) is 0.664. The van der Waals surface area contributed by atoms with Crippen molar-refractivity contribution in [3.8, 4) is 17.2 Å². The predicted molar refractivity (Wildman–Crippen MR) is 93.1 cm³/mol. The van der Waals surface area contributed by atoms with E-state index in [1.165, 1.54) is 24.3 Å². The van der Waals surface area contributed by atoms with E-state index in [2.05, 4.69) is 5.32 Å². The van der Waals surface area contributed by atoms with Crippen LogP contribution in [0.15, 0.2) is 48.5 Å². The van der Waals surface area contributed by atoms with E-state index in [1.807, 2.05) is 0 Å². The van der Waals surface area contributed by atoms with E-state index < -0.39 is 18.7 Å². The van der Waals surface area contributed by atoms with Crippen LogP contribution in [0.1, 0.15) is 5.56 Å². The number of alkyl halides is 3. The first kappa shape index (κ1) is 18.6. The summed E-state index contributed by atoms with van der Waals surface area (Å²) in [5.41, 5.74) is 0.870. The summed E-state index contributed by atoms with van der Waals surface area (Å²) in [7, 11) is 0. The lowest BCUT2D eigenvalue weighted by Crippen LogP contribution is -2.20. The first-order chi connectivity index (χ1) is 12.9. The standard InChI is InChI=1S/C19H16F3NO4/c20-19(21,22)12-27-15-4-2-1-3-14(15)23-18(24)8-6-13-5-7-16-17(11-13)26-10-9-25-16/h1-8,11H,9-10,12H2,(H,23,24). The van der Waals surface area contributed by atoms with Gasteiger partial charge in [0.2, 0.25) is 5.91 Å². The lowest BCUT2D eigenvalue weighted by atomic mass is 10.2. The number of halogens is 3. The maximum absolute atomic E-state index is 12.3. The minimum atomic E-state index is -4.46. The first-order valence-electron chi connectivity index (χ1n) is 8.08. The third-order valence-corrected chi connectivity index (χ3v) is 3.53. The summed E-state index contributed by atoms with van der Waals surface area (Å²) < 4.78 is 52.6. The fraction of sp³-hybridized carbons (Fsp3) is 0.211. The molecular weight excluding hydrogens is 363 g/mol. The monoisotopic (exact) mass is 379 g/mol. The van der Waals surface area contributed by atoms with E-state index in [-0.39, 0.29) is 11.4 Å². The highest BCUT2D eigenvalue weighted by Crippen LogP contribution is 2.31. The molecule has 3 rings (SSSR count). The van der Waals surface area contributed by atoms with E-state index in [0.29, 0.717) is 24.7 Å². The van der Waals surface area contributed by atoms with Crippen LogP contribution in [0.5, 0.6) is 17.2 Å². The van der Waals surface area contributed by atoms with Crippen LogP contribution in [0.25, 0.3) is 6.08 Å². The van der Waals surface area contributed by atoms with Gasteiger partial charge in [-0.15, -0.1) is 0 Å². The number of benzene rings is 2. The van der Waals surface area contributed by atoms with E-state index >= 15 is 0 Å². The van der Waals surface area contributed by atoms with Crippen molar-refractivity contribution in [3.63, 3.8) is 0 Å². The van der Waals surface area contributed by atoms with Gasteiger partial charge in [-0.2, -0.15) is 13.2 Å². The van der Waals surface area contributed by atoms with Gasteiger partial charge in [-0.1, -0.05) is 18.2 Å². The summed E-state index contributed by atoms with van der Waals surface area (Å²) in [4.78, 5) is 12.1. The summed E-state index contributed by atoms with van der Waals surface area (Å²) in [6.45, 7) is -0.497. The molecule has 0 saturated heterocycles. The quantitative estimate of drug-likeness (QED) is 0.797. The molecule has 0 spiro atoms. The highest BCUT2D eigenvalue weighted by atomic mass is 19.4. The number of fused-ring (bicyclic) bond motifs is 1. The number of ether oxygens (including phenoxy) is 3. The number of carbonyl (C=O) groups is 1. The van der Waals surface area contributed by atoms with Gasteiger partial charge in [0.15, 0.2) is 18.1 Å². The summed E-state index contributed by atoms with van der Waals surface area (Å²) >= 11 is 0. The summed E-state index contributed by atoms with van der Waals surface area (Å²) in [6.07, 6.45) is -1.63. The molecule has 0 saturated carbocycles. The molecule has 5 nitrogen and oxygen atoms in total. The van der Waals surface area contributed by atoms with Gasteiger partial charge < -0.3 is 19.5 Å². The topological polar surface area (TPSA) is 56.8 Å². The Morgan fingerprint density at radius 3 is 2.63 bits per heavy atom. The van der Waals surface area contributed by atoms with Crippen LogP contribution in [0.2, 0.25) is 0 Å². The fourth-order valence-corrected chi connectivity index (χ4v) is 2.37. The lowest BCUT2D eigenvalue weighted by molar-refractivity contribution is -0.153. The van der Waals surface area contributed by atoms with Gasteiger partial charge in [0.25, 0.3) is 0 Å². The number of carbonyl (C=O) groups excluding carboxylic acids is 1. The summed E-state index contributed by atoms with van der Waals surface area (Å²) in [6, 6.07) is 11.2. The molecule has 1 N–H and O–H groups in total. The van der Waals surface area contributed by atoms with Crippen LogP contribution in [-0.2, 0) is 4.79 Å². The largest absolute Gasteiger partial charge is 0.486 e. The number of rotatable bonds is 5. The van der Waals surface area contributed by atoms with E-state index in [4.69, 9.17) is 14.2 Å². The van der Waals surface area contributed by atoms with Crippen molar-refractivity contribution in [2.24, 2.45) is 0 Å². The van der Waals surface area contributed by atoms with Gasteiger partial charge in [0, 0.05) is 6.08 Å². The molecule has 2 aromatic rings. The van der Waals surface area contributed by atoms with Gasteiger partial charge in [-0.3, -0.25) is 4.79 Å². The number of amides is 1. The van der Waals surface area contributed by atoms with Crippen LogP contribution < -0.4 is 19.5 Å². The normalized spacial score (nSPS) is 13.4. The molecule has 142 valence electrons. The van der Waals surface area contributed by atoms with Gasteiger partial charge in [-0.25, -0.2) is 0 Å². The minimum Gasteiger partial charge on any atom is -0.486 e. The fourth-order valence-electron chi connectivity index (χ4n) is 2.37. The third-order valence-electron chi connectivity index (χ3n) is 3.53. The second kappa shape index (κ2) is 8.03. The van der Waals surface area contributed by atoms with Crippen molar-refractivity contribution in [2.45, 2.75) is 6.18 Å². The van der Waals surface area contributed by atoms with Gasteiger partial charge in [0.1, 0.15) is 19.0 Å². The minimum absolute atomic E-state index is 0.0593. The molecule has 1 aliphatic rings. The molecular formula is C19H16F3NO4. The second-order valence-electron chi connectivity index (χ2n) is 5.63. The molecule has 2 aromatic carbocycles. The SMILES string of the molecule is O=C(C=Cc1ccc2c(c1)OCCO2)Nc1ccccc1OCC(F)(F)F. The Hall–Kier alpha value is -3.16. The Morgan fingerprint density at radius 2 is 1.85 bits per heavy atom. The lowest BCUT2D eigenvalue weighted by Gasteiger charge is -2.18. The van der Waals surface area contributed by atoms with Crippen molar-refractivity contribution in [1.29, 1.82) is 0 Å². The van der Waals surface area contributed by atoms with E-state index in [0.717, 1.165) is 5.56 Å². The van der Waals surface area contributed by atoms with Crippen molar-refractivity contribution in [2.75, 3.05) is 25.1 Å². The first-order valence-corrected chi connectivity index (χ1v) is 8.08. The van der Waals surface area contributed by atoms with Crippen LogP contribution >= 0.6 is 0 Å². The van der Waals surface area contributed by atoms with Crippen molar-refractivity contribution in [3.05, 3.63) is 54.1 Å². The molecule has 0 aromatic heterocycles. The van der Waals surface area contributed by atoms with Crippen molar-refractivity contribution >= 4 is 17.7 Å². The number of hydrogen-bond donors (Lipinski definition) is 1. The Labute approximate surface area is 153 Å². The van der Waals surface area contributed by atoms with Crippen LogP contribution in [0, 0.1) is 0 Å². The number of nitrogens with one attached hydrogen (secondary N) is 1. The van der Waals surface area contributed by atoms with Crippen molar-refractivity contribution in [1.82, 2.24) is 0 Å². The third kappa shape index (κ3) is 5.40. The number of anilines is 1. The number of para-hydroxylation sites is 2. The average Bonchev–Trinajstić information content (AvgIpc) is 2.65. The van der Waals surface area contributed by atoms with Crippen LogP contribution in [0.4, 0.5) is 18.9 Å². The zero-order valence-corrected chi connectivity index (χ0v) is 14.1. The van der Waals surface area contributed by atoms with E-state index in [9.17, 15) is 18.0 Å². The Morgan fingerprint density at radius 1 is 1.11 bits per heavy atom. The zero-order chi connectivity index (χ0) is 19.3. The molecule has 0 radical (unpaired) electrons. The molecule has 0 fully saturated rings. The average molecular weight is 379 g/mol. The second-order valence-corrected chi connectivity index (χ2v) is 5.63. The van der Waals surface area contributed by atoms with Gasteiger partial charge in [-0.05, 0) is 35.9 Å². The highest BCUT2D eigenvalue weighted by Gasteiger charge is 2.28. The van der Waals surface area contributed by atoms with Crippen LogP contribution in [-0.4, -0.2) is 31.9 Å². The van der Waals surface area contributed by atoms with Crippen LogP contribution in [0.3, 0.4) is 0 Å². The molecule has 27 heavy (non-hydrogen) atoms. The Kier molecular flexibility index (Phi) is 5.54. The molecule has 1 amide bonds. The predicted octanol–water partition coefficient (Wildman–Crippen LogP) is 4.05. The van der Waals surface area contributed by atoms with E-state index in [1.54, 1.807) is 30.3 Å². The smallest absolute Gasteiger partial charge is 0.422 e. The molecule has 0 aliphatic carbocycles. The summed E-state index contributed by atoms with van der Waals surface area (Å²) in [5, 5.41) is 2.51. The zero-order valence-electron chi connectivity index (χ0n) is 14.1. The molecule has 0 atom stereocenters. The highest BCUT2D eigenvalue weighted by molar-refractivity contribution is 6.02.